The van der Waals surface area contributed by atoms with Crippen molar-refractivity contribution >= 4 is 5.91 Å². The minimum atomic E-state index is -0.0571. The number of para-hydroxylation sites is 1. The Morgan fingerprint density at radius 3 is 2.29 bits per heavy atom. The van der Waals surface area contributed by atoms with E-state index in [1.165, 1.54) is 5.56 Å². The fraction of sp³-hybridized carbons (Fsp3) is 0.536. The molecule has 7 heteroatoms. The van der Waals surface area contributed by atoms with Crippen LogP contribution in [0.2, 0.25) is 0 Å². The molecule has 0 aliphatic carbocycles. The van der Waals surface area contributed by atoms with E-state index in [1.807, 2.05) is 36.9 Å². The number of nitrogens with zero attached hydrogens (tertiary/aromatic N) is 2. The lowest BCUT2D eigenvalue weighted by Crippen LogP contribution is -2.41. The third-order valence-electron chi connectivity index (χ3n) is 6.70. The fourth-order valence-electron chi connectivity index (χ4n) is 4.96. The summed E-state index contributed by atoms with van der Waals surface area (Å²) in [5.41, 5.74) is 2.32. The standard InChI is InChI=1S/C28H40N2O5/c1-20(2)28(31)30(11-12-32-3)18-22-17-29(16-21-13-23(33-4)15-24(14-21)34-5)19-26(22)25-9-7-8-10-27(25)35-6/h7-10,13-15,20,22,26H,11-12,16-19H2,1-6H3. The van der Waals surface area contributed by atoms with Crippen molar-refractivity contribution in [2.75, 3.05) is 61.2 Å². The van der Waals surface area contributed by atoms with Crippen molar-refractivity contribution in [2.24, 2.45) is 11.8 Å². The van der Waals surface area contributed by atoms with E-state index in [4.69, 9.17) is 18.9 Å². The first kappa shape index (κ1) is 26.8. The molecule has 192 valence electrons. The summed E-state index contributed by atoms with van der Waals surface area (Å²) in [4.78, 5) is 17.4. The van der Waals surface area contributed by atoms with Crippen LogP contribution >= 0.6 is 0 Å². The number of carbonyl (C=O) groups excluding carboxylic acids is 1. The van der Waals surface area contributed by atoms with Gasteiger partial charge in [-0.2, -0.15) is 0 Å². The molecule has 1 aliphatic rings. The second kappa shape index (κ2) is 12.8. The van der Waals surface area contributed by atoms with Crippen molar-refractivity contribution in [1.82, 2.24) is 9.80 Å². The van der Waals surface area contributed by atoms with Gasteiger partial charge in [-0.05, 0) is 35.2 Å². The van der Waals surface area contributed by atoms with Crippen LogP contribution in [0.5, 0.6) is 17.2 Å². The van der Waals surface area contributed by atoms with Gasteiger partial charge in [-0.3, -0.25) is 9.69 Å². The van der Waals surface area contributed by atoms with Crippen molar-refractivity contribution in [2.45, 2.75) is 26.3 Å². The highest BCUT2D eigenvalue weighted by molar-refractivity contribution is 5.78. The summed E-state index contributed by atoms with van der Waals surface area (Å²) in [5, 5.41) is 0. The Morgan fingerprint density at radius 1 is 1.00 bits per heavy atom. The number of rotatable bonds is 12. The Bertz CT molecular complexity index is 942. The van der Waals surface area contributed by atoms with Gasteiger partial charge in [0.15, 0.2) is 0 Å². The Morgan fingerprint density at radius 2 is 1.69 bits per heavy atom. The van der Waals surface area contributed by atoms with Crippen molar-refractivity contribution in [1.29, 1.82) is 0 Å². The molecular formula is C28H40N2O5. The molecule has 0 N–H and O–H groups in total. The molecule has 0 bridgehead atoms. The maximum Gasteiger partial charge on any atom is 0.225 e. The van der Waals surface area contributed by atoms with Gasteiger partial charge in [0.2, 0.25) is 5.91 Å². The van der Waals surface area contributed by atoms with Crippen LogP contribution in [0.3, 0.4) is 0 Å². The minimum Gasteiger partial charge on any atom is -0.497 e. The Kier molecular flexibility index (Phi) is 9.81. The van der Waals surface area contributed by atoms with Gasteiger partial charge in [0.1, 0.15) is 17.2 Å². The largest absolute Gasteiger partial charge is 0.497 e. The summed E-state index contributed by atoms with van der Waals surface area (Å²) >= 11 is 0. The zero-order valence-electron chi connectivity index (χ0n) is 22.0. The van der Waals surface area contributed by atoms with E-state index < -0.39 is 0 Å². The Balaban J connectivity index is 1.88. The number of hydrogen-bond acceptors (Lipinski definition) is 6. The van der Waals surface area contributed by atoms with Gasteiger partial charge in [0.25, 0.3) is 0 Å². The van der Waals surface area contributed by atoms with E-state index in [1.54, 1.807) is 28.4 Å². The van der Waals surface area contributed by atoms with Crippen LogP contribution in [0.4, 0.5) is 0 Å². The zero-order valence-corrected chi connectivity index (χ0v) is 22.0. The predicted molar refractivity (Wildman–Crippen MR) is 137 cm³/mol. The average Bonchev–Trinajstić information content (AvgIpc) is 3.27. The van der Waals surface area contributed by atoms with Crippen molar-refractivity contribution in [3.05, 3.63) is 53.6 Å². The normalized spacial score (nSPS) is 18.0. The van der Waals surface area contributed by atoms with Crippen LogP contribution in [-0.2, 0) is 16.1 Å². The number of hydrogen-bond donors (Lipinski definition) is 0. The second-order valence-corrected chi connectivity index (χ2v) is 9.46. The molecule has 35 heavy (non-hydrogen) atoms. The van der Waals surface area contributed by atoms with E-state index in [-0.39, 0.29) is 23.7 Å². The quantitative estimate of drug-likeness (QED) is 0.453. The summed E-state index contributed by atoms with van der Waals surface area (Å²) in [6.07, 6.45) is 0. The Labute approximate surface area is 209 Å². The molecule has 7 nitrogen and oxygen atoms in total. The van der Waals surface area contributed by atoms with Gasteiger partial charge < -0.3 is 23.8 Å². The molecule has 1 heterocycles. The topological polar surface area (TPSA) is 60.5 Å². The second-order valence-electron chi connectivity index (χ2n) is 9.46. The molecule has 1 aliphatic heterocycles. The van der Waals surface area contributed by atoms with E-state index >= 15 is 0 Å². The van der Waals surface area contributed by atoms with Crippen LogP contribution in [0.25, 0.3) is 0 Å². The van der Waals surface area contributed by atoms with E-state index in [0.717, 1.165) is 42.4 Å². The van der Waals surface area contributed by atoms with Gasteiger partial charge in [0.05, 0.1) is 27.9 Å². The maximum absolute atomic E-state index is 13.0. The molecule has 0 aromatic heterocycles. The summed E-state index contributed by atoms with van der Waals surface area (Å²) in [6.45, 7) is 8.23. The van der Waals surface area contributed by atoms with Gasteiger partial charge in [-0.25, -0.2) is 0 Å². The maximum atomic E-state index is 13.0. The first-order chi connectivity index (χ1) is 16.9. The Hall–Kier alpha value is -2.77. The third kappa shape index (κ3) is 6.89. The minimum absolute atomic E-state index is 0.0571. The number of carbonyl (C=O) groups is 1. The lowest BCUT2D eigenvalue weighted by molar-refractivity contribution is -0.135. The summed E-state index contributed by atoms with van der Waals surface area (Å²) in [7, 11) is 6.73. The molecule has 2 aromatic carbocycles. The van der Waals surface area contributed by atoms with E-state index in [2.05, 4.69) is 29.2 Å². The van der Waals surface area contributed by atoms with Crippen molar-refractivity contribution < 1.29 is 23.7 Å². The SMILES string of the molecule is COCCN(CC1CN(Cc2cc(OC)cc(OC)c2)CC1c1ccccc1OC)C(=O)C(C)C. The highest BCUT2D eigenvalue weighted by Crippen LogP contribution is 2.39. The van der Waals surface area contributed by atoms with E-state index in [9.17, 15) is 4.79 Å². The average molecular weight is 485 g/mol. The summed E-state index contributed by atoms with van der Waals surface area (Å²) in [6, 6.07) is 14.2. The smallest absolute Gasteiger partial charge is 0.225 e. The van der Waals surface area contributed by atoms with Crippen LogP contribution in [0.1, 0.15) is 30.9 Å². The first-order valence-electron chi connectivity index (χ1n) is 12.2. The van der Waals surface area contributed by atoms with Crippen LogP contribution in [0, 0.1) is 11.8 Å². The monoisotopic (exact) mass is 484 g/mol. The molecule has 2 unspecified atom stereocenters. The predicted octanol–water partition coefficient (Wildman–Crippen LogP) is 4.06. The highest BCUT2D eigenvalue weighted by atomic mass is 16.5. The molecule has 1 fully saturated rings. The highest BCUT2D eigenvalue weighted by Gasteiger charge is 2.37. The lowest BCUT2D eigenvalue weighted by atomic mass is 9.87. The van der Waals surface area contributed by atoms with Crippen LogP contribution < -0.4 is 14.2 Å². The molecular weight excluding hydrogens is 444 g/mol. The number of methoxy groups -OCH3 is 4. The lowest BCUT2D eigenvalue weighted by Gasteiger charge is -2.30. The first-order valence-corrected chi connectivity index (χ1v) is 12.2. The number of benzene rings is 2. The number of ether oxygens (including phenoxy) is 4. The molecule has 2 aromatic rings. The van der Waals surface area contributed by atoms with Crippen molar-refractivity contribution in [3.8, 4) is 17.2 Å². The number of likely N-dealkylation sites (tertiary alicyclic amines) is 1. The summed E-state index contributed by atoms with van der Waals surface area (Å²) < 4.78 is 22.0. The molecule has 0 spiro atoms. The molecule has 2 atom stereocenters. The van der Waals surface area contributed by atoms with Gasteiger partial charge in [0, 0.05) is 57.7 Å². The van der Waals surface area contributed by atoms with Crippen molar-refractivity contribution in [3.63, 3.8) is 0 Å². The van der Waals surface area contributed by atoms with Crippen LogP contribution in [-0.4, -0.2) is 76.9 Å². The molecule has 1 saturated heterocycles. The molecule has 0 saturated carbocycles. The van der Waals surface area contributed by atoms with Gasteiger partial charge in [-0.15, -0.1) is 0 Å². The van der Waals surface area contributed by atoms with Gasteiger partial charge in [-0.1, -0.05) is 32.0 Å². The van der Waals surface area contributed by atoms with Gasteiger partial charge >= 0.3 is 0 Å². The third-order valence-corrected chi connectivity index (χ3v) is 6.70. The summed E-state index contributed by atoms with van der Waals surface area (Å²) in [5.74, 6) is 3.07. The molecule has 1 amide bonds. The molecule has 3 rings (SSSR count). The number of amides is 1. The zero-order chi connectivity index (χ0) is 25.4. The van der Waals surface area contributed by atoms with Crippen LogP contribution in [0.15, 0.2) is 42.5 Å². The van der Waals surface area contributed by atoms with E-state index in [0.29, 0.717) is 19.7 Å². The fourth-order valence-corrected chi connectivity index (χ4v) is 4.96. The molecule has 0 radical (unpaired) electrons.